The first-order valence-electron chi connectivity index (χ1n) is 8.45. The van der Waals surface area contributed by atoms with E-state index < -0.39 is 5.97 Å². The number of nitrogens with zero attached hydrogens (tertiary/aromatic N) is 1. The van der Waals surface area contributed by atoms with Crippen molar-refractivity contribution in [2.75, 3.05) is 12.4 Å². The number of hydrogen-bond donors (Lipinski definition) is 2. The highest BCUT2D eigenvalue weighted by atomic mass is 32.1. The normalized spacial score (nSPS) is 10.6. The molecular formula is C20H20N2O4S. The van der Waals surface area contributed by atoms with Crippen LogP contribution in [-0.2, 0) is 22.6 Å². The van der Waals surface area contributed by atoms with Gasteiger partial charge in [0.15, 0.2) is 0 Å². The predicted octanol–water partition coefficient (Wildman–Crippen LogP) is 3.88. The summed E-state index contributed by atoms with van der Waals surface area (Å²) in [5.74, 6) is -0.480. The maximum atomic E-state index is 12.7. The number of para-hydroxylation sites is 2. The van der Waals surface area contributed by atoms with Crippen molar-refractivity contribution in [3.8, 4) is 16.3 Å². The average Bonchev–Trinajstić information content (AvgIpc) is 3.30. The number of hydrogen-bond acceptors (Lipinski definition) is 4. The van der Waals surface area contributed by atoms with Gasteiger partial charge in [0.05, 0.1) is 29.8 Å². The van der Waals surface area contributed by atoms with Crippen LogP contribution in [0.5, 0.6) is 5.75 Å². The maximum Gasteiger partial charge on any atom is 0.303 e. The van der Waals surface area contributed by atoms with Crippen LogP contribution >= 0.6 is 11.3 Å². The van der Waals surface area contributed by atoms with Crippen LogP contribution in [-0.4, -0.2) is 28.7 Å². The van der Waals surface area contributed by atoms with Crippen LogP contribution in [0.15, 0.2) is 53.9 Å². The second-order valence-corrected chi connectivity index (χ2v) is 6.86. The first-order valence-corrected chi connectivity index (χ1v) is 9.33. The molecule has 2 heterocycles. The van der Waals surface area contributed by atoms with Crippen molar-refractivity contribution in [1.82, 2.24) is 4.57 Å². The van der Waals surface area contributed by atoms with Gasteiger partial charge in [0.2, 0.25) is 5.91 Å². The average molecular weight is 384 g/mol. The van der Waals surface area contributed by atoms with Gasteiger partial charge in [0.25, 0.3) is 0 Å². The van der Waals surface area contributed by atoms with Crippen molar-refractivity contribution in [2.45, 2.75) is 19.4 Å². The van der Waals surface area contributed by atoms with E-state index in [1.54, 1.807) is 30.6 Å². The van der Waals surface area contributed by atoms with E-state index in [9.17, 15) is 9.59 Å². The van der Waals surface area contributed by atoms with E-state index >= 15 is 0 Å². The van der Waals surface area contributed by atoms with Crippen LogP contribution in [0.3, 0.4) is 0 Å². The number of carbonyl (C=O) groups is 2. The lowest BCUT2D eigenvalue weighted by atomic mass is 10.2. The van der Waals surface area contributed by atoms with Gasteiger partial charge in [-0.25, -0.2) is 0 Å². The number of carboxylic acids is 1. The Kier molecular flexibility index (Phi) is 5.93. The van der Waals surface area contributed by atoms with Crippen LogP contribution in [0.1, 0.15) is 12.1 Å². The molecule has 0 fully saturated rings. The van der Waals surface area contributed by atoms with Gasteiger partial charge in [-0.1, -0.05) is 18.2 Å². The van der Waals surface area contributed by atoms with Gasteiger partial charge in [-0.2, -0.15) is 0 Å². The zero-order valence-electron chi connectivity index (χ0n) is 14.8. The number of carbonyl (C=O) groups excluding carboxylic acids is 1. The number of nitrogens with one attached hydrogen (secondary N) is 1. The molecule has 6 nitrogen and oxygen atoms in total. The van der Waals surface area contributed by atoms with Crippen molar-refractivity contribution >= 4 is 28.9 Å². The van der Waals surface area contributed by atoms with Crippen molar-refractivity contribution in [2.24, 2.45) is 0 Å². The summed E-state index contributed by atoms with van der Waals surface area (Å²) in [4.78, 5) is 24.6. The number of ether oxygens (including phenoxy) is 1. The van der Waals surface area contributed by atoms with E-state index in [1.807, 2.05) is 46.3 Å². The molecule has 0 spiro atoms. The highest BCUT2D eigenvalue weighted by molar-refractivity contribution is 7.13. The summed E-state index contributed by atoms with van der Waals surface area (Å²) in [6, 6.07) is 15.0. The van der Waals surface area contributed by atoms with Crippen molar-refractivity contribution in [1.29, 1.82) is 0 Å². The third-order valence-electron chi connectivity index (χ3n) is 4.12. The van der Waals surface area contributed by atoms with E-state index in [0.717, 1.165) is 16.3 Å². The Labute approximate surface area is 161 Å². The molecule has 0 atom stereocenters. The van der Waals surface area contributed by atoms with Crippen LogP contribution in [0, 0.1) is 0 Å². The number of rotatable bonds is 8. The number of aryl methyl sites for hydroxylation is 1. The van der Waals surface area contributed by atoms with E-state index in [0.29, 0.717) is 17.9 Å². The van der Waals surface area contributed by atoms with E-state index in [-0.39, 0.29) is 18.9 Å². The smallest absolute Gasteiger partial charge is 0.303 e. The molecule has 0 aliphatic heterocycles. The molecule has 27 heavy (non-hydrogen) atoms. The molecule has 0 radical (unpaired) electrons. The molecule has 0 aliphatic rings. The van der Waals surface area contributed by atoms with Crippen LogP contribution < -0.4 is 10.1 Å². The fraction of sp³-hybridized carbons (Fsp3) is 0.200. The monoisotopic (exact) mass is 384 g/mol. The molecule has 0 saturated carbocycles. The summed E-state index contributed by atoms with van der Waals surface area (Å²) in [5.41, 5.74) is 2.32. The third kappa shape index (κ3) is 4.57. The summed E-state index contributed by atoms with van der Waals surface area (Å²) in [6.07, 6.45) is 0.380. The minimum atomic E-state index is -0.862. The summed E-state index contributed by atoms with van der Waals surface area (Å²) in [7, 11) is 1.55. The molecule has 3 rings (SSSR count). The number of aliphatic carboxylic acids is 1. The summed E-state index contributed by atoms with van der Waals surface area (Å²) in [6.45, 7) is 0.0905. The third-order valence-corrected chi connectivity index (χ3v) is 5.01. The minimum absolute atomic E-state index is 0.0159. The molecule has 0 unspecified atom stereocenters. The van der Waals surface area contributed by atoms with Gasteiger partial charge in [-0.05, 0) is 42.1 Å². The fourth-order valence-electron chi connectivity index (χ4n) is 2.87. The SMILES string of the molecule is COc1ccccc1NC(=O)Cn1c(CCC(=O)O)ccc1-c1cccs1. The maximum absolute atomic E-state index is 12.7. The lowest BCUT2D eigenvalue weighted by molar-refractivity contribution is -0.137. The molecule has 140 valence electrons. The van der Waals surface area contributed by atoms with Gasteiger partial charge in [-0.3, -0.25) is 9.59 Å². The Hall–Kier alpha value is -3.06. The van der Waals surface area contributed by atoms with Crippen molar-refractivity contribution in [3.63, 3.8) is 0 Å². The quantitative estimate of drug-likeness (QED) is 0.618. The molecule has 0 aliphatic carbocycles. The van der Waals surface area contributed by atoms with Gasteiger partial charge < -0.3 is 19.7 Å². The summed E-state index contributed by atoms with van der Waals surface area (Å²) in [5, 5.41) is 13.8. The molecule has 1 amide bonds. The van der Waals surface area contributed by atoms with E-state index in [2.05, 4.69) is 5.32 Å². The van der Waals surface area contributed by atoms with Crippen LogP contribution in [0.2, 0.25) is 0 Å². The second kappa shape index (κ2) is 8.55. The number of carboxylic acid groups (broad SMARTS) is 1. The highest BCUT2D eigenvalue weighted by Gasteiger charge is 2.16. The number of anilines is 1. The summed E-state index contributed by atoms with van der Waals surface area (Å²) < 4.78 is 7.14. The highest BCUT2D eigenvalue weighted by Crippen LogP contribution is 2.28. The molecule has 1 aromatic carbocycles. The Balaban J connectivity index is 1.84. The molecule has 0 bridgehead atoms. The molecular weight excluding hydrogens is 364 g/mol. The molecule has 2 aromatic heterocycles. The number of thiophene rings is 1. The van der Waals surface area contributed by atoms with Gasteiger partial charge in [0.1, 0.15) is 12.3 Å². The first kappa shape index (κ1) is 18.7. The largest absolute Gasteiger partial charge is 0.495 e. The van der Waals surface area contributed by atoms with Crippen LogP contribution in [0.25, 0.3) is 10.6 Å². The minimum Gasteiger partial charge on any atom is -0.495 e. The van der Waals surface area contributed by atoms with Gasteiger partial charge in [0, 0.05) is 5.69 Å². The van der Waals surface area contributed by atoms with Gasteiger partial charge >= 0.3 is 5.97 Å². The van der Waals surface area contributed by atoms with Gasteiger partial charge in [-0.15, -0.1) is 11.3 Å². The Morgan fingerprint density at radius 3 is 2.67 bits per heavy atom. The Morgan fingerprint density at radius 2 is 1.96 bits per heavy atom. The number of aromatic nitrogens is 1. The standard InChI is InChI=1S/C20H20N2O4S/c1-26-17-6-3-2-5-15(17)21-19(23)13-22-14(9-11-20(24)25)8-10-16(22)18-7-4-12-27-18/h2-8,10,12H,9,11,13H2,1H3,(H,21,23)(H,24,25). The Bertz CT molecular complexity index is 931. The lowest BCUT2D eigenvalue weighted by Gasteiger charge is -2.14. The van der Waals surface area contributed by atoms with Crippen LogP contribution in [0.4, 0.5) is 5.69 Å². The number of benzene rings is 1. The van der Waals surface area contributed by atoms with Crippen molar-refractivity contribution in [3.05, 3.63) is 59.6 Å². The second-order valence-electron chi connectivity index (χ2n) is 5.92. The fourth-order valence-corrected chi connectivity index (χ4v) is 3.63. The van der Waals surface area contributed by atoms with Crippen molar-refractivity contribution < 1.29 is 19.4 Å². The van der Waals surface area contributed by atoms with E-state index in [4.69, 9.17) is 9.84 Å². The van der Waals surface area contributed by atoms with E-state index in [1.165, 1.54) is 0 Å². The zero-order chi connectivity index (χ0) is 19.2. The lowest BCUT2D eigenvalue weighted by Crippen LogP contribution is -2.21. The molecule has 7 heteroatoms. The first-order chi connectivity index (χ1) is 13.1. The molecule has 3 aromatic rings. The topological polar surface area (TPSA) is 80.6 Å². The predicted molar refractivity (Wildman–Crippen MR) is 105 cm³/mol. The number of amides is 1. The number of methoxy groups -OCH3 is 1. The molecule has 2 N–H and O–H groups in total. The molecule has 0 saturated heterocycles. The summed E-state index contributed by atoms with van der Waals surface area (Å²) >= 11 is 1.58. The zero-order valence-corrected chi connectivity index (χ0v) is 15.7. The Morgan fingerprint density at radius 1 is 1.15 bits per heavy atom.